The lowest BCUT2D eigenvalue weighted by molar-refractivity contribution is 0.0990. The smallest absolute Gasteiger partial charge is 0.136 e. The third kappa shape index (κ3) is 2.90. The molecule has 0 radical (unpaired) electrons. The Morgan fingerprint density at radius 2 is 2.26 bits per heavy atom. The van der Waals surface area contributed by atoms with Crippen molar-refractivity contribution in [1.29, 1.82) is 0 Å². The van der Waals surface area contributed by atoms with Crippen molar-refractivity contribution in [2.24, 2.45) is 0 Å². The molecule has 2 unspecified atom stereocenters. The number of imidazole rings is 1. The third-order valence-electron chi connectivity index (χ3n) is 4.72. The number of rotatable bonds is 5. The van der Waals surface area contributed by atoms with E-state index in [1.54, 1.807) is 6.26 Å². The van der Waals surface area contributed by atoms with Gasteiger partial charge in [0.05, 0.1) is 18.2 Å². The number of hydrogen-bond acceptors (Lipinski definition) is 4. The van der Waals surface area contributed by atoms with Gasteiger partial charge in [0.1, 0.15) is 17.5 Å². The first kappa shape index (κ1) is 14.5. The molecule has 4 rings (SSSR count). The monoisotopic (exact) mass is 311 g/mol. The van der Waals surface area contributed by atoms with Crippen molar-refractivity contribution in [2.45, 2.75) is 38.0 Å². The maximum Gasteiger partial charge on any atom is 0.136 e. The molecular weight excluding hydrogens is 290 g/mol. The summed E-state index contributed by atoms with van der Waals surface area (Å²) in [6.07, 6.45) is 8.10. The molecule has 1 fully saturated rings. The maximum absolute atomic E-state index is 10.3. The second-order valence-electron chi connectivity index (χ2n) is 6.21. The fourth-order valence-corrected chi connectivity index (χ4v) is 3.54. The van der Waals surface area contributed by atoms with E-state index < -0.39 is 6.10 Å². The predicted octanol–water partition coefficient (Wildman–Crippen LogP) is 3.02. The molecule has 3 aromatic heterocycles. The summed E-state index contributed by atoms with van der Waals surface area (Å²) in [5.74, 6) is 0.659. The lowest BCUT2D eigenvalue weighted by atomic mass is 10.1. The third-order valence-corrected chi connectivity index (χ3v) is 4.72. The molecule has 5 heteroatoms. The molecule has 1 aliphatic heterocycles. The van der Waals surface area contributed by atoms with E-state index in [-0.39, 0.29) is 0 Å². The number of pyridine rings is 1. The van der Waals surface area contributed by atoms with Gasteiger partial charge in [0, 0.05) is 18.8 Å². The first-order valence-corrected chi connectivity index (χ1v) is 8.18. The van der Waals surface area contributed by atoms with Gasteiger partial charge in [-0.25, -0.2) is 4.98 Å². The van der Waals surface area contributed by atoms with Gasteiger partial charge in [-0.2, -0.15) is 0 Å². The van der Waals surface area contributed by atoms with Crippen molar-refractivity contribution >= 4 is 5.65 Å². The van der Waals surface area contributed by atoms with Crippen LogP contribution in [-0.2, 0) is 6.54 Å². The normalized spacial score (nSPS) is 20.3. The quantitative estimate of drug-likeness (QED) is 0.787. The molecule has 1 aliphatic rings. The van der Waals surface area contributed by atoms with Crippen LogP contribution in [0.25, 0.3) is 5.65 Å². The molecule has 120 valence electrons. The number of fused-ring (bicyclic) bond motifs is 1. The molecule has 0 bridgehead atoms. The van der Waals surface area contributed by atoms with Crippen molar-refractivity contribution in [3.05, 3.63) is 60.4 Å². The predicted molar refractivity (Wildman–Crippen MR) is 86.9 cm³/mol. The minimum Gasteiger partial charge on any atom is -0.467 e. The Bertz CT molecular complexity index is 766. The lowest BCUT2D eigenvalue weighted by Gasteiger charge is -2.25. The Hall–Kier alpha value is -2.11. The van der Waals surface area contributed by atoms with Crippen LogP contribution >= 0.6 is 0 Å². The average Bonchev–Trinajstić information content (AvgIpc) is 3.30. The van der Waals surface area contributed by atoms with Crippen molar-refractivity contribution in [2.75, 3.05) is 6.54 Å². The largest absolute Gasteiger partial charge is 0.467 e. The molecule has 0 amide bonds. The van der Waals surface area contributed by atoms with Crippen LogP contribution in [0.4, 0.5) is 0 Å². The fraction of sp³-hybridized carbons (Fsp3) is 0.389. The molecule has 1 saturated heterocycles. The Kier molecular flexibility index (Phi) is 3.89. The fourth-order valence-electron chi connectivity index (χ4n) is 3.54. The van der Waals surface area contributed by atoms with E-state index in [1.807, 2.05) is 36.5 Å². The van der Waals surface area contributed by atoms with E-state index in [0.29, 0.717) is 18.2 Å². The summed E-state index contributed by atoms with van der Waals surface area (Å²) in [4.78, 5) is 6.91. The summed E-state index contributed by atoms with van der Waals surface area (Å²) < 4.78 is 7.46. The van der Waals surface area contributed by atoms with Gasteiger partial charge in [-0.15, -0.1) is 0 Å². The topological polar surface area (TPSA) is 53.9 Å². The highest BCUT2D eigenvalue weighted by Gasteiger charge is 2.28. The van der Waals surface area contributed by atoms with Crippen LogP contribution < -0.4 is 0 Å². The number of aromatic nitrogens is 2. The van der Waals surface area contributed by atoms with Gasteiger partial charge in [-0.3, -0.25) is 4.90 Å². The van der Waals surface area contributed by atoms with E-state index in [1.165, 1.54) is 12.1 Å². The highest BCUT2D eigenvalue weighted by atomic mass is 16.4. The molecule has 0 spiro atoms. The molecule has 0 saturated carbocycles. The van der Waals surface area contributed by atoms with Gasteiger partial charge in [0.2, 0.25) is 0 Å². The van der Waals surface area contributed by atoms with E-state index in [4.69, 9.17) is 4.42 Å². The molecule has 4 heterocycles. The Balaban J connectivity index is 1.47. The highest BCUT2D eigenvalue weighted by molar-refractivity contribution is 5.39. The summed E-state index contributed by atoms with van der Waals surface area (Å²) in [6, 6.07) is 10.1. The van der Waals surface area contributed by atoms with E-state index >= 15 is 0 Å². The molecule has 2 atom stereocenters. The zero-order chi connectivity index (χ0) is 15.6. The Morgan fingerprint density at radius 1 is 1.30 bits per heavy atom. The number of hydrogen-bond donors (Lipinski definition) is 1. The minimum atomic E-state index is -0.530. The first-order chi connectivity index (χ1) is 11.3. The van der Waals surface area contributed by atoms with Crippen LogP contribution in [-0.4, -0.2) is 32.0 Å². The van der Waals surface area contributed by atoms with Gasteiger partial charge in [0.25, 0.3) is 0 Å². The Morgan fingerprint density at radius 3 is 3.13 bits per heavy atom. The maximum atomic E-state index is 10.3. The minimum absolute atomic E-state index is 0.379. The molecule has 5 nitrogen and oxygen atoms in total. The van der Waals surface area contributed by atoms with Crippen molar-refractivity contribution < 1.29 is 9.52 Å². The molecule has 0 aliphatic carbocycles. The van der Waals surface area contributed by atoms with Crippen LogP contribution in [0.5, 0.6) is 0 Å². The molecule has 23 heavy (non-hydrogen) atoms. The number of aliphatic hydroxyl groups excluding tert-OH is 1. The van der Waals surface area contributed by atoms with Crippen LogP contribution in [0.3, 0.4) is 0 Å². The molecular formula is C18H21N3O2. The van der Waals surface area contributed by atoms with Gasteiger partial charge in [-0.05, 0) is 50.1 Å². The van der Waals surface area contributed by atoms with Crippen LogP contribution in [0.15, 0.2) is 53.4 Å². The zero-order valence-electron chi connectivity index (χ0n) is 13.0. The first-order valence-electron chi connectivity index (χ1n) is 8.18. The number of furan rings is 1. The van der Waals surface area contributed by atoms with Crippen molar-refractivity contribution in [3.8, 4) is 0 Å². The molecule has 1 N–H and O–H groups in total. The van der Waals surface area contributed by atoms with Gasteiger partial charge >= 0.3 is 0 Å². The van der Waals surface area contributed by atoms with Crippen LogP contribution in [0, 0.1) is 0 Å². The second-order valence-corrected chi connectivity index (χ2v) is 6.21. The summed E-state index contributed by atoms with van der Waals surface area (Å²) in [7, 11) is 0. The number of aliphatic hydroxyl groups is 1. The highest BCUT2D eigenvalue weighted by Crippen LogP contribution is 2.28. The summed E-state index contributed by atoms with van der Waals surface area (Å²) in [6.45, 7) is 1.93. The van der Waals surface area contributed by atoms with Gasteiger partial charge < -0.3 is 13.9 Å². The van der Waals surface area contributed by atoms with Crippen molar-refractivity contribution in [1.82, 2.24) is 14.3 Å². The lowest BCUT2D eigenvalue weighted by Crippen LogP contribution is -2.30. The number of likely N-dealkylation sites (tertiary alicyclic amines) is 1. The Labute approximate surface area is 135 Å². The summed E-state index contributed by atoms with van der Waals surface area (Å²) >= 11 is 0. The standard InChI is InChI=1S/C18H21N3O2/c22-16(17-6-4-10-23-17)11-14-5-3-8-20(14)13-15-12-19-18-7-1-2-9-21(15)18/h1-2,4,6-7,9-10,12,14,16,22H,3,5,8,11,13H2. The second kappa shape index (κ2) is 6.18. The van der Waals surface area contributed by atoms with Crippen LogP contribution in [0.2, 0.25) is 0 Å². The van der Waals surface area contributed by atoms with E-state index in [9.17, 15) is 5.11 Å². The summed E-state index contributed by atoms with van der Waals surface area (Å²) in [5.41, 5.74) is 2.17. The number of nitrogens with zero attached hydrogens (tertiary/aromatic N) is 3. The van der Waals surface area contributed by atoms with E-state index in [2.05, 4.69) is 20.5 Å². The average molecular weight is 311 g/mol. The zero-order valence-corrected chi connectivity index (χ0v) is 13.0. The molecule has 0 aromatic carbocycles. The summed E-state index contributed by atoms with van der Waals surface area (Å²) in [5, 5.41) is 10.3. The van der Waals surface area contributed by atoms with Crippen molar-refractivity contribution in [3.63, 3.8) is 0 Å². The SMILES string of the molecule is OC(CC1CCCN1Cc1cnc2ccccn12)c1ccco1. The van der Waals surface area contributed by atoms with Crippen LogP contribution in [0.1, 0.15) is 36.8 Å². The molecule has 3 aromatic rings. The van der Waals surface area contributed by atoms with Gasteiger partial charge in [-0.1, -0.05) is 6.07 Å². The van der Waals surface area contributed by atoms with Gasteiger partial charge in [0.15, 0.2) is 0 Å². The van der Waals surface area contributed by atoms with E-state index in [0.717, 1.165) is 25.2 Å².